The van der Waals surface area contributed by atoms with E-state index < -0.39 is 6.10 Å². The van der Waals surface area contributed by atoms with Crippen LogP contribution in [0.2, 0.25) is 5.02 Å². The maximum absolute atomic E-state index is 11.4. The molecule has 2 aromatic rings. The molecule has 0 fully saturated rings. The Morgan fingerprint density at radius 2 is 1.88 bits per heavy atom. The van der Waals surface area contributed by atoms with Crippen molar-refractivity contribution in [2.75, 3.05) is 20.2 Å². The fourth-order valence-electron chi connectivity index (χ4n) is 2.45. The number of hydrogen-bond donors (Lipinski definition) is 2. The van der Waals surface area contributed by atoms with Crippen LogP contribution in [0.25, 0.3) is 0 Å². The van der Waals surface area contributed by atoms with E-state index in [1.807, 2.05) is 24.3 Å². The lowest BCUT2D eigenvalue weighted by atomic mass is 9.99. The summed E-state index contributed by atoms with van der Waals surface area (Å²) in [6, 6.07) is 14.6. The number of halogens is 1. The van der Waals surface area contributed by atoms with Gasteiger partial charge in [0.1, 0.15) is 0 Å². The lowest BCUT2D eigenvalue weighted by Crippen LogP contribution is -2.25. The number of benzene rings is 2. The largest absolute Gasteiger partial charge is 0.465 e. The molecule has 4 nitrogen and oxygen atoms in total. The first-order valence-corrected chi connectivity index (χ1v) is 8.21. The fraction of sp³-hybridized carbons (Fsp3) is 0.316. The van der Waals surface area contributed by atoms with Crippen LogP contribution in [0.15, 0.2) is 48.5 Å². The first-order valence-electron chi connectivity index (χ1n) is 7.83. The molecule has 0 aliphatic heterocycles. The summed E-state index contributed by atoms with van der Waals surface area (Å²) in [6.07, 6.45) is -0.599. The number of aliphatic hydroxyl groups excluding tert-OH is 1. The quantitative estimate of drug-likeness (QED) is 0.752. The second kappa shape index (κ2) is 8.83. The topological polar surface area (TPSA) is 58.6 Å². The maximum atomic E-state index is 11.4. The minimum Gasteiger partial charge on any atom is -0.465 e. The number of hydrogen-bond acceptors (Lipinski definition) is 4. The number of aliphatic hydroxyl groups is 1. The molecule has 0 saturated carbocycles. The molecule has 5 heteroatoms. The lowest BCUT2D eigenvalue weighted by Gasteiger charge is -2.16. The number of ether oxygens (including phenoxy) is 1. The van der Waals surface area contributed by atoms with E-state index in [9.17, 15) is 9.90 Å². The predicted octanol–water partition coefficient (Wildman–Crippen LogP) is 3.55. The summed E-state index contributed by atoms with van der Waals surface area (Å²) in [7, 11) is 1.37. The zero-order chi connectivity index (χ0) is 17.5. The summed E-state index contributed by atoms with van der Waals surface area (Å²) in [5.41, 5.74) is 2.45. The first kappa shape index (κ1) is 18.5. The molecule has 2 rings (SSSR count). The summed E-state index contributed by atoms with van der Waals surface area (Å²) < 4.78 is 4.69. The Morgan fingerprint density at radius 3 is 2.50 bits per heavy atom. The predicted molar refractivity (Wildman–Crippen MR) is 95.5 cm³/mol. The van der Waals surface area contributed by atoms with Crippen molar-refractivity contribution in [1.82, 2.24) is 5.32 Å². The number of esters is 1. The Balaban J connectivity index is 1.84. The molecule has 24 heavy (non-hydrogen) atoms. The maximum Gasteiger partial charge on any atom is 0.337 e. The number of carbonyl (C=O) groups excluding carboxylic acids is 1. The Morgan fingerprint density at radius 1 is 1.17 bits per heavy atom. The normalized spacial score (nSPS) is 13.3. The van der Waals surface area contributed by atoms with Crippen LogP contribution in [-0.4, -0.2) is 31.3 Å². The first-order chi connectivity index (χ1) is 11.5. The fourth-order valence-corrected chi connectivity index (χ4v) is 2.65. The van der Waals surface area contributed by atoms with E-state index >= 15 is 0 Å². The van der Waals surface area contributed by atoms with Gasteiger partial charge < -0.3 is 15.2 Å². The molecule has 2 N–H and O–H groups in total. The number of nitrogens with one attached hydrogen (secondary N) is 1. The zero-order valence-corrected chi connectivity index (χ0v) is 14.6. The average Bonchev–Trinajstić information content (AvgIpc) is 2.61. The Bertz CT molecular complexity index is 673. The average molecular weight is 348 g/mol. The van der Waals surface area contributed by atoms with Crippen molar-refractivity contribution < 1.29 is 14.6 Å². The van der Waals surface area contributed by atoms with Crippen molar-refractivity contribution >= 4 is 17.6 Å². The van der Waals surface area contributed by atoms with E-state index in [1.165, 1.54) is 7.11 Å². The minimum atomic E-state index is -0.599. The van der Waals surface area contributed by atoms with Crippen molar-refractivity contribution in [2.24, 2.45) is 0 Å². The molecule has 2 aromatic carbocycles. The van der Waals surface area contributed by atoms with Crippen molar-refractivity contribution in [3.05, 3.63) is 70.2 Å². The molecule has 128 valence electrons. The van der Waals surface area contributed by atoms with Gasteiger partial charge in [-0.05, 0) is 41.3 Å². The molecule has 0 heterocycles. The van der Waals surface area contributed by atoms with Crippen LogP contribution in [0.1, 0.15) is 40.4 Å². The minimum absolute atomic E-state index is 0.253. The van der Waals surface area contributed by atoms with Crippen molar-refractivity contribution in [1.29, 1.82) is 0 Å². The monoisotopic (exact) mass is 347 g/mol. The third kappa shape index (κ3) is 5.06. The molecule has 2 atom stereocenters. The standard InChI is InChI=1S/C19H22ClNO3/c1-13(14-6-8-15(9-7-14)19(23)24-2)11-21-12-18(22)16-4-3-5-17(20)10-16/h3-10,13,18,21-22H,11-12H2,1-2H3/t13?,18-/m0/s1. The van der Waals surface area contributed by atoms with Gasteiger partial charge in [-0.25, -0.2) is 4.79 Å². The summed E-state index contributed by atoms with van der Waals surface area (Å²) in [5, 5.41) is 14.1. The Kier molecular flexibility index (Phi) is 6.79. The molecule has 0 spiro atoms. The van der Waals surface area contributed by atoms with Gasteiger partial charge in [-0.15, -0.1) is 0 Å². The van der Waals surface area contributed by atoms with E-state index in [-0.39, 0.29) is 11.9 Å². The molecular weight excluding hydrogens is 326 g/mol. The number of rotatable bonds is 7. The van der Waals surface area contributed by atoms with Crippen LogP contribution < -0.4 is 5.32 Å². The van der Waals surface area contributed by atoms with Gasteiger partial charge in [0.15, 0.2) is 0 Å². The second-order valence-corrected chi connectivity index (χ2v) is 6.18. The van der Waals surface area contributed by atoms with Crippen LogP contribution in [0.4, 0.5) is 0 Å². The van der Waals surface area contributed by atoms with Crippen molar-refractivity contribution in [3.63, 3.8) is 0 Å². The van der Waals surface area contributed by atoms with Crippen LogP contribution >= 0.6 is 11.6 Å². The van der Waals surface area contributed by atoms with Gasteiger partial charge in [0.25, 0.3) is 0 Å². The molecule has 0 bridgehead atoms. The second-order valence-electron chi connectivity index (χ2n) is 5.74. The van der Waals surface area contributed by atoms with E-state index in [4.69, 9.17) is 11.6 Å². The third-order valence-corrected chi connectivity index (χ3v) is 4.16. The van der Waals surface area contributed by atoms with Crippen LogP contribution in [0.5, 0.6) is 0 Å². The van der Waals surface area contributed by atoms with Crippen molar-refractivity contribution in [2.45, 2.75) is 18.9 Å². The molecule has 0 aliphatic carbocycles. The van der Waals surface area contributed by atoms with Crippen LogP contribution in [0.3, 0.4) is 0 Å². The summed E-state index contributed by atoms with van der Waals surface area (Å²) in [5.74, 6) is -0.0831. The van der Waals surface area contributed by atoms with Gasteiger partial charge in [-0.1, -0.05) is 42.8 Å². The molecule has 0 radical (unpaired) electrons. The number of carbonyl (C=O) groups is 1. The SMILES string of the molecule is COC(=O)c1ccc(C(C)CNC[C@H](O)c2cccc(Cl)c2)cc1. The summed E-state index contributed by atoms with van der Waals surface area (Å²) in [6.45, 7) is 3.26. The molecule has 0 aromatic heterocycles. The molecule has 0 saturated heterocycles. The summed E-state index contributed by atoms with van der Waals surface area (Å²) in [4.78, 5) is 11.4. The van der Waals surface area contributed by atoms with E-state index in [1.54, 1.807) is 24.3 Å². The van der Waals surface area contributed by atoms with Crippen molar-refractivity contribution in [3.8, 4) is 0 Å². The van der Waals surface area contributed by atoms with Gasteiger partial charge in [0, 0.05) is 18.1 Å². The van der Waals surface area contributed by atoms with E-state index in [0.29, 0.717) is 17.1 Å². The Labute approximate surface area is 147 Å². The van der Waals surface area contributed by atoms with E-state index in [0.717, 1.165) is 17.7 Å². The van der Waals surface area contributed by atoms with E-state index in [2.05, 4.69) is 17.0 Å². The highest BCUT2D eigenvalue weighted by Gasteiger charge is 2.11. The van der Waals surface area contributed by atoms with Gasteiger partial charge in [-0.2, -0.15) is 0 Å². The van der Waals surface area contributed by atoms with Gasteiger partial charge in [0.2, 0.25) is 0 Å². The zero-order valence-electron chi connectivity index (χ0n) is 13.8. The van der Waals surface area contributed by atoms with Gasteiger partial charge in [0.05, 0.1) is 18.8 Å². The third-order valence-electron chi connectivity index (χ3n) is 3.92. The summed E-state index contributed by atoms with van der Waals surface area (Å²) >= 11 is 5.93. The van der Waals surface area contributed by atoms with Crippen LogP contribution in [0, 0.1) is 0 Å². The molecule has 0 amide bonds. The van der Waals surface area contributed by atoms with Crippen LogP contribution in [-0.2, 0) is 4.74 Å². The number of methoxy groups -OCH3 is 1. The molecular formula is C19H22ClNO3. The Hall–Kier alpha value is -1.88. The highest BCUT2D eigenvalue weighted by atomic mass is 35.5. The van der Waals surface area contributed by atoms with Gasteiger partial charge in [-0.3, -0.25) is 0 Å². The van der Waals surface area contributed by atoms with Gasteiger partial charge >= 0.3 is 5.97 Å². The molecule has 1 unspecified atom stereocenters. The highest BCUT2D eigenvalue weighted by Crippen LogP contribution is 2.18. The lowest BCUT2D eigenvalue weighted by molar-refractivity contribution is 0.0600. The highest BCUT2D eigenvalue weighted by molar-refractivity contribution is 6.30. The smallest absolute Gasteiger partial charge is 0.337 e. The molecule has 0 aliphatic rings.